The van der Waals surface area contributed by atoms with Crippen molar-refractivity contribution in [2.45, 2.75) is 44.6 Å². The van der Waals surface area contributed by atoms with E-state index < -0.39 is 5.97 Å². The molecule has 0 heterocycles. The van der Waals surface area contributed by atoms with Crippen LogP contribution >= 0.6 is 15.9 Å². The third-order valence-electron chi connectivity index (χ3n) is 3.49. The molecule has 1 aromatic carbocycles. The number of carbonyl (C=O) groups is 1. The fourth-order valence-electron chi connectivity index (χ4n) is 2.18. The number of rotatable bonds is 7. The lowest BCUT2D eigenvalue weighted by Crippen LogP contribution is -2.25. The Morgan fingerprint density at radius 2 is 2.20 bits per heavy atom. The Balaban J connectivity index is 2.16. The molecular weight excluding hydrogens is 324 g/mol. The first-order valence-corrected chi connectivity index (χ1v) is 7.64. The van der Waals surface area contributed by atoms with Crippen molar-refractivity contribution in [2.24, 2.45) is 0 Å². The van der Waals surface area contributed by atoms with Crippen LogP contribution in [0.3, 0.4) is 0 Å². The number of carboxylic acid groups (broad SMARTS) is 1. The highest BCUT2D eigenvalue weighted by atomic mass is 79.9. The largest absolute Gasteiger partial charge is 0.493 e. The quantitative estimate of drug-likeness (QED) is 0.818. The van der Waals surface area contributed by atoms with Crippen LogP contribution in [-0.4, -0.2) is 24.3 Å². The molecule has 2 rings (SSSR count). The zero-order valence-corrected chi connectivity index (χ0v) is 13.1. The van der Waals surface area contributed by atoms with E-state index >= 15 is 0 Å². The van der Waals surface area contributed by atoms with Gasteiger partial charge in [0.15, 0.2) is 11.5 Å². The van der Waals surface area contributed by atoms with Crippen LogP contribution in [0.15, 0.2) is 16.6 Å². The summed E-state index contributed by atoms with van der Waals surface area (Å²) >= 11 is 3.45. The molecule has 1 N–H and O–H groups in total. The summed E-state index contributed by atoms with van der Waals surface area (Å²) in [5, 5.41) is 8.74. The van der Waals surface area contributed by atoms with Crippen LogP contribution in [0.4, 0.5) is 0 Å². The van der Waals surface area contributed by atoms with Crippen LogP contribution in [-0.2, 0) is 11.2 Å². The Morgan fingerprint density at radius 1 is 1.45 bits per heavy atom. The summed E-state index contributed by atoms with van der Waals surface area (Å²) < 4.78 is 12.3. The average Bonchev–Trinajstić information content (AvgIpc) is 2.34. The molecule has 1 saturated carbocycles. The van der Waals surface area contributed by atoms with Gasteiger partial charge in [-0.1, -0.05) is 15.9 Å². The second-order valence-electron chi connectivity index (χ2n) is 5.01. The van der Waals surface area contributed by atoms with Crippen molar-refractivity contribution in [1.82, 2.24) is 0 Å². The van der Waals surface area contributed by atoms with Crippen molar-refractivity contribution < 1.29 is 19.4 Å². The van der Waals surface area contributed by atoms with Crippen molar-refractivity contribution in [3.8, 4) is 11.5 Å². The molecule has 1 fully saturated rings. The standard InChI is InChI=1S/C15H19BrO4/c1-19-13-9-11(16)8-10(4-2-7-14(17)18)15(13)20-12-5-3-6-12/h8-9,12H,2-7H2,1H3,(H,17,18). The highest BCUT2D eigenvalue weighted by Gasteiger charge is 2.23. The lowest BCUT2D eigenvalue weighted by atomic mass is 9.96. The number of aliphatic carboxylic acids is 1. The maximum atomic E-state index is 10.6. The molecule has 0 amide bonds. The van der Waals surface area contributed by atoms with E-state index in [1.807, 2.05) is 12.1 Å². The van der Waals surface area contributed by atoms with Crippen LogP contribution < -0.4 is 9.47 Å². The Bertz CT molecular complexity index is 483. The molecule has 0 unspecified atom stereocenters. The van der Waals surface area contributed by atoms with E-state index in [9.17, 15) is 4.79 Å². The van der Waals surface area contributed by atoms with Crippen molar-refractivity contribution in [3.05, 3.63) is 22.2 Å². The molecule has 0 saturated heterocycles. The molecule has 5 heteroatoms. The Labute approximate surface area is 127 Å². The van der Waals surface area contributed by atoms with Gasteiger partial charge in [0.05, 0.1) is 13.2 Å². The van der Waals surface area contributed by atoms with Gasteiger partial charge in [0.1, 0.15) is 0 Å². The number of halogens is 1. The Hall–Kier alpha value is -1.23. The van der Waals surface area contributed by atoms with Gasteiger partial charge in [-0.15, -0.1) is 0 Å². The van der Waals surface area contributed by atoms with E-state index in [0.29, 0.717) is 18.6 Å². The first-order valence-electron chi connectivity index (χ1n) is 6.85. The fourth-order valence-corrected chi connectivity index (χ4v) is 2.66. The maximum absolute atomic E-state index is 10.6. The average molecular weight is 343 g/mol. The van der Waals surface area contributed by atoms with Gasteiger partial charge in [-0.3, -0.25) is 4.79 Å². The van der Waals surface area contributed by atoms with Gasteiger partial charge in [-0.25, -0.2) is 0 Å². The van der Waals surface area contributed by atoms with Crippen molar-refractivity contribution >= 4 is 21.9 Å². The molecule has 1 aromatic rings. The summed E-state index contributed by atoms with van der Waals surface area (Å²) in [7, 11) is 1.62. The number of hydrogen-bond acceptors (Lipinski definition) is 3. The van der Waals surface area contributed by atoms with Gasteiger partial charge in [-0.05, 0) is 49.8 Å². The van der Waals surface area contributed by atoms with Crippen LogP contribution in [0, 0.1) is 0 Å². The molecule has 0 aliphatic heterocycles. The lowest BCUT2D eigenvalue weighted by Gasteiger charge is -2.28. The molecule has 0 bridgehead atoms. The molecule has 0 atom stereocenters. The Morgan fingerprint density at radius 3 is 2.75 bits per heavy atom. The topological polar surface area (TPSA) is 55.8 Å². The summed E-state index contributed by atoms with van der Waals surface area (Å²) in [6.07, 6.45) is 5.06. The van der Waals surface area contributed by atoms with E-state index in [1.165, 1.54) is 6.42 Å². The highest BCUT2D eigenvalue weighted by molar-refractivity contribution is 9.10. The monoisotopic (exact) mass is 342 g/mol. The summed E-state index contributed by atoms with van der Waals surface area (Å²) in [6, 6.07) is 3.87. The van der Waals surface area contributed by atoms with Crippen LogP contribution in [0.2, 0.25) is 0 Å². The lowest BCUT2D eigenvalue weighted by molar-refractivity contribution is -0.137. The molecule has 4 nitrogen and oxygen atoms in total. The first-order chi connectivity index (χ1) is 9.60. The van der Waals surface area contributed by atoms with Gasteiger partial charge in [-0.2, -0.15) is 0 Å². The van der Waals surface area contributed by atoms with Gasteiger partial charge in [0.25, 0.3) is 0 Å². The summed E-state index contributed by atoms with van der Waals surface area (Å²) in [6.45, 7) is 0. The van der Waals surface area contributed by atoms with Crippen LogP contribution in [0.1, 0.15) is 37.7 Å². The minimum absolute atomic E-state index is 0.164. The molecule has 1 aliphatic carbocycles. The summed E-state index contributed by atoms with van der Waals surface area (Å²) in [5.74, 6) is 0.704. The van der Waals surface area contributed by atoms with Crippen molar-refractivity contribution in [1.29, 1.82) is 0 Å². The highest BCUT2D eigenvalue weighted by Crippen LogP contribution is 2.38. The minimum Gasteiger partial charge on any atom is -0.493 e. The van der Waals surface area contributed by atoms with E-state index in [-0.39, 0.29) is 12.5 Å². The number of benzene rings is 1. The van der Waals surface area contributed by atoms with E-state index in [4.69, 9.17) is 14.6 Å². The van der Waals surface area contributed by atoms with Gasteiger partial charge >= 0.3 is 5.97 Å². The molecular formula is C15H19BrO4. The van der Waals surface area contributed by atoms with Crippen LogP contribution in [0.5, 0.6) is 11.5 Å². The number of hydrogen-bond donors (Lipinski definition) is 1. The van der Waals surface area contributed by atoms with E-state index in [1.54, 1.807) is 7.11 Å². The van der Waals surface area contributed by atoms with Gasteiger partial charge < -0.3 is 14.6 Å². The third-order valence-corrected chi connectivity index (χ3v) is 3.95. The molecule has 110 valence electrons. The number of methoxy groups -OCH3 is 1. The summed E-state index contributed by atoms with van der Waals surface area (Å²) in [4.78, 5) is 10.6. The number of aryl methyl sites for hydroxylation is 1. The maximum Gasteiger partial charge on any atom is 0.303 e. The second kappa shape index (κ2) is 6.97. The smallest absolute Gasteiger partial charge is 0.303 e. The first kappa shape index (κ1) is 15.2. The van der Waals surface area contributed by atoms with Crippen molar-refractivity contribution in [3.63, 3.8) is 0 Å². The zero-order valence-electron chi connectivity index (χ0n) is 11.5. The molecule has 0 radical (unpaired) electrons. The molecule has 0 spiro atoms. The molecule has 1 aliphatic rings. The third kappa shape index (κ3) is 3.88. The fraction of sp³-hybridized carbons (Fsp3) is 0.533. The minimum atomic E-state index is -0.770. The Kier molecular flexibility index (Phi) is 5.29. The predicted octanol–water partition coefficient (Wildman–Crippen LogP) is 3.80. The van der Waals surface area contributed by atoms with Crippen molar-refractivity contribution in [2.75, 3.05) is 7.11 Å². The molecule has 20 heavy (non-hydrogen) atoms. The molecule has 0 aromatic heterocycles. The number of carboxylic acids is 1. The predicted molar refractivity (Wildman–Crippen MR) is 79.5 cm³/mol. The number of ether oxygens (including phenoxy) is 2. The SMILES string of the molecule is COc1cc(Br)cc(CCCC(=O)O)c1OC1CCC1. The second-order valence-corrected chi connectivity index (χ2v) is 5.93. The normalized spacial score (nSPS) is 14.7. The summed E-state index contributed by atoms with van der Waals surface area (Å²) in [5.41, 5.74) is 1.00. The van der Waals surface area contributed by atoms with Crippen LogP contribution in [0.25, 0.3) is 0 Å². The van der Waals surface area contributed by atoms with E-state index in [0.717, 1.165) is 28.6 Å². The zero-order chi connectivity index (χ0) is 14.5. The van der Waals surface area contributed by atoms with Gasteiger partial charge in [0.2, 0.25) is 0 Å². The van der Waals surface area contributed by atoms with E-state index in [2.05, 4.69) is 15.9 Å². The van der Waals surface area contributed by atoms with Gasteiger partial charge in [0, 0.05) is 10.9 Å².